The summed E-state index contributed by atoms with van der Waals surface area (Å²) in [5.41, 5.74) is 9.18. The Morgan fingerprint density at radius 2 is 0.444 bits per heavy atom. The first-order chi connectivity index (χ1) is 34.0. The molecule has 0 spiro atoms. The minimum atomic E-state index is -0.0214. The summed E-state index contributed by atoms with van der Waals surface area (Å²) in [7, 11) is 0. The molecular formula is C64H64Br4O4. The number of halogens is 4. The van der Waals surface area contributed by atoms with Gasteiger partial charge in [-0.15, -0.1) is 0 Å². The molecule has 0 radical (unpaired) electrons. The van der Waals surface area contributed by atoms with Crippen LogP contribution in [0.1, 0.15) is 128 Å². The van der Waals surface area contributed by atoms with Crippen molar-refractivity contribution in [2.24, 2.45) is 0 Å². The molecule has 0 bridgehead atoms. The molecule has 372 valence electrons. The third-order valence-electron chi connectivity index (χ3n) is 13.9. The topological polar surface area (TPSA) is 36.9 Å². The van der Waals surface area contributed by atoms with E-state index in [2.05, 4.69) is 268 Å². The first kappa shape index (κ1) is 52.3. The minimum absolute atomic E-state index is 0.0214. The molecule has 0 amide bonds. The highest BCUT2D eigenvalue weighted by molar-refractivity contribution is 9.09. The Morgan fingerprint density at radius 3 is 0.597 bits per heavy atom. The first-order valence-electron chi connectivity index (χ1n) is 24.7. The van der Waals surface area contributed by atoms with Gasteiger partial charge in [0.15, 0.2) is 0 Å². The predicted octanol–water partition coefficient (Wildman–Crippen LogP) is 21.7. The number of hydrogen-bond acceptors (Lipinski definition) is 4. The largest absolute Gasteiger partial charge is 0.457 e. The smallest absolute Gasteiger partial charge is 0.136 e. The van der Waals surface area contributed by atoms with Crippen LogP contribution < -0.4 is 18.9 Å². The van der Waals surface area contributed by atoms with Gasteiger partial charge in [0, 0.05) is 53.6 Å². The molecule has 0 aliphatic heterocycles. The van der Waals surface area contributed by atoms with Gasteiger partial charge in [0.05, 0.1) is 0 Å². The predicted molar refractivity (Wildman–Crippen MR) is 319 cm³/mol. The summed E-state index contributed by atoms with van der Waals surface area (Å²) < 4.78 is 29.2. The average Bonchev–Trinajstić information content (AvgIpc) is 3.33. The van der Waals surface area contributed by atoms with Gasteiger partial charge < -0.3 is 18.9 Å². The molecule has 0 atom stereocenters. The lowest BCUT2D eigenvalue weighted by Gasteiger charge is -2.27. The Bertz CT molecular complexity index is 2990. The van der Waals surface area contributed by atoms with E-state index < -0.39 is 0 Å². The Kier molecular flexibility index (Phi) is 14.5. The van der Waals surface area contributed by atoms with Crippen molar-refractivity contribution < 1.29 is 18.9 Å². The second kappa shape index (κ2) is 19.9. The summed E-state index contributed by atoms with van der Waals surface area (Å²) in [6.07, 6.45) is 0. The van der Waals surface area contributed by atoms with Gasteiger partial charge in [0.25, 0.3) is 0 Å². The highest BCUT2D eigenvalue weighted by atomic mass is 79.9. The molecule has 9 aromatic carbocycles. The number of hydrogen-bond donors (Lipinski definition) is 0. The molecule has 0 heterocycles. The van der Waals surface area contributed by atoms with E-state index in [1.54, 1.807) is 0 Å². The molecule has 9 rings (SSSR count). The van der Waals surface area contributed by atoms with Gasteiger partial charge in [-0.1, -0.05) is 195 Å². The number of ether oxygens (including phenoxy) is 4. The van der Waals surface area contributed by atoms with Crippen molar-refractivity contribution in [3.63, 3.8) is 0 Å². The lowest BCUT2D eigenvalue weighted by Crippen LogP contribution is -2.10. The molecule has 0 saturated carbocycles. The normalized spacial score (nSPS) is 12.7. The van der Waals surface area contributed by atoms with E-state index in [9.17, 15) is 0 Å². The molecule has 0 fully saturated rings. The van der Waals surface area contributed by atoms with E-state index in [4.69, 9.17) is 18.9 Å². The summed E-state index contributed by atoms with van der Waals surface area (Å²) in [6, 6.07) is 42.9. The Morgan fingerprint density at radius 1 is 0.264 bits per heavy atom. The molecule has 4 nitrogen and oxygen atoms in total. The van der Waals surface area contributed by atoms with Crippen molar-refractivity contribution in [1.29, 1.82) is 0 Å². The summed E-state index contributed by atoms with van der Waals surface area (Å²) in [5, 5.41) is 10.2. The van der Waals surface area contributed by atoms with Gasteiger partial charge in [0.1, 0.15) is 46.0 Å². The molecule has 0 aliphatic rings. The Labute approximate surface area is 460 Å². The van der Waals surface area contributed by atoms with Crippen molar-refractivity contribution in [2.45, 2.75) is 126 Å². The van der Waals surface area contributed by atoms with Crippen molar-refractivity contribution in [1.82, 2.24) is 0 Å². The number of rotatable bonds is 12. The van der Waals surface area contributed by atoms with E-state index >= 15 is 0 Å². The van der Waals surface area contributed by atoms with E-state index in [1.165, 1.54) is 22.3 Å². The minimum Gasteiger partial charge on any atom is -0.457 e. The van der Waals surface area contributed by atoms with Gasteiger partial charge in [0.2, 0.25) is 0 Å². The lowest BCUT2D eigenvalue weighted by molar-refractivity contribution is 0.481. The molecule has 0 saturated heterocycles. The fourth-order valence-corrected chi connectivity index (χ4v) is 11.6. The second-order valence-corrected chi connectivity index (χ2v) is 25.4. The zero-order chi connectivity index (χ0) is 51.7. The maximum absolute atomic E-state index is 7.29. The fraction of sp³-hybridized carbons (Fsp3) is 0.312. The summed E-state index contributed by atoms with van der Waals surface area (Å²) in [4.78, 5) is 0. The Balaban J connectivity index is 1.48. The molecule has 0 aromatic heterocycles. The zero-order valence-corrected chi connectivity index (χ0v) is 49.9. The standard InChI is InChI=1S/C64H64Br4O4/c1-61(2,3)41-13-21-45(22-14-41)69-49-29-37(33-65)53-38(34-66)31-51(71-47-25-17-43(18-26-47)63(7,8)9)57-58-52(72-48-27-19-44(20-28-48)64(10,11)12)32-40(36-68)54-39(35-67)30-50(56(60(54)58)55(49)59(53)57)70-46-23-15-42(16-24-46)62(4,5)6/h13-32H,33-36H2,1-12H3. The van der Waals surface area contributed by atoms with Crippen LogP contribution in [0.15, 0.2) is 121 Å². The van der Waals surface area contributed by atoms with Gasteiger partial charge in [-0.05, 0) is 150 Å². The van der Waals surface area contributed by atoms with Crippen LogP contribution in [0.5, 0.6) is 46.0 Å². The molecule has 8 heteroatoms. The first-order valence-corrected chi connectivity index (χ1v) is 29.2. The fourth-order valence-electron chi connectivity index (χ4n) is 9.84. The van der Waals surface area contributed by atoms with Crippen LogP contribution in [0.3, 0.4) is 0 Å². The summed E-state index contributed by atoms with van der Waals surface area (Å²) in [5.74, 6) is 5.81. The van der Waals surface area contributed by atoms with E-state index in [0.29, 0.717) is 44.3 Å². The molecule has 0 N–H and O–H groups in total. The highest BCUT2D eigenvalue weighted by Gasteiger charge is 2.31. The van der Waals surface area contributed by atoms with Gasteiger partial charge in [-0.3, -0.25) is 0 Å². The van der Waals surface area contributed by atoms with Crippen LogP contribution in [0.4, 0.5) is 0 Å². The summed E-state index contributed by atoms with van der Waals surface area (Å²) in [6.45, 7) is 26.8. The van der Waals surface area contributed by atoms with E-state index in [0.717, 1.165) is 88.3 Å². The molecule has 0 unspecified atom stereocenters. The van der Waals surface area contributed by atoms with Crippen molar-refractivity contribution in [2.75, 3.05) is 0 Å². The van der Waals surface area contributed by atoms with Crippen LogP contribution >= 0.6 is 63.7 Å². The van der Waals surface area contributed by atoms with Crippen LogP contribution in [-0.2, 0) is 43.0 Å². The van der Waals surface area contributed by atoms with Gasteiger partial charge in [-0.2, -0.15) is 0 Å². The number of benzene rings is 9. The maximum Gasteiger partial charge on any atom is 0.136 e. The second-order valence-electron chi connectivity index (χ2n) is 23.2. The monoisotopic (exact) mass is 1210 g/mol. The highest BCUT2D eigenvalue weighted by Crippen LogP contribution is 2.57. The van der Waals surface area contributed by atoms with Crippen molar-refractivity contribution in [3.8, 4) is 46.0 Å². The van der Waals surface area contributed by atoms with Crippen molar-refractivity contribution >= 4 is 107 Å². The quantitative estimate of drug-likeness (QED) is 0.0694. The van der Waals surface area contributed by atoms with Crippen LogP contribution in [0.2, 0.25) is 0 Å². The lowest BCUT2D eigenvalue weighted by atomic mass is 9.83. The third kappa shape index (κ3) is 10.2. The number of fused-ring (bicyclic) bond motifs is 2. The van der Waals surface area contributed by atoms with Crippen LogP contribution in [-0.4, -0.2) is 0 Å². The summed E-state index contributed by atoms with van der Waals surface area (Å²) >= 11 is 15.9. The average molecular weight is 1220 g/mol. The zero-order valence-electron chi connectivity index (χ0n) is 43.5. The SMILES string of the molecule is CC(C)(C)c1ccc(Oc2cc(CBr)c3c(CBr)cc(Oc4ccc(C(C)(C)C)cc4)c4c5c(Oc6ccc(C(C)(C)C)cc6)cc(CBr)c6c(CBr)cc(Oc7ccc(C(C)(C)C)cc7)c(c2c34)c65)cc1. The molecule has 72 heavy (non-hydrogen) atoms. The van der Waals surface area contributed by atoms with Gasteiger partial charge >= 0.3 is 0 Å². The molecule has 9 aromatic rings. The van der Waals surface area contributed by atoms with E-state index in [1.807, 2.05) is 0 Å². The van der Waals surface area contributed by atoms with Gasteiger partial charge in [-0.25, -0.2) is 0 Å². The van der Waals surface area contributed by atoms with Crippen LogP contribution in [0.25, 0.3) is 43.1 Å². The third-order valence-corrected chi connectivity index (χ3v) is 16.3. The van der Waals surface area contributed by atoms with Crippen molar-refractivity contribution in [3.05, 3.63) is 166 Å². The molecular weight excluding hydrogens is 1150 g/mol. The number of alkyl halides is 4. The maximum atomic E-state index is 7.29. The van der Waals surface area contributed by atoms with E-state index in [-0.39, 0.29) is 21.7 Å². The Hall–Kier alpha value is -4.60. The molecule has 0 aliphatic carbocycles. The van der Waals surface area contributed by atoms with Crippen LogP contribution in [0, 0.1) is 0 Å².